The Hall–Kier alpha value is -0.640. The molecule has 1 aromatic rings. The number of pyridine rings is 1. The number of aromatic nitrogens is 1. The molecule has 1 saturated carbocycles. The quantitative estimate of drug-likeness (QED) is 0.822. The second-order valence-corrected chi connectivity index (χ2v) is 5.27. The number of rotatable bonds is 2. The summed E-state index contributed by atoms with van der Waals surface area (Å²) in [4.78, 5) is 3.96. The Kier molecular flexibility index (Phi) is 3.79. The highest BCUT2D eigenvalue weighted by molar-refractivity contribution is 9.10. The molecule has 0 aliphatic heterocycles. The topological polar surface area (TPSA) is 22.1 Å². The van der Waals surface area contributed by atoms with Crippen molar-refractivity contribution in [3.63, 3.8) is 0 Å². The van der Waals surface area contributed by atoms with Crippen LogP contribution in [0, 0.1) is 11.7 Å². The monoisotopic (exact) mass is 287 g/mol. The fraction of sp³-hybridized carbons (Fsp3) is 0.583. The third kappa shape index (κ3) is 2.73. The van der Waals surface area contributed by atoms with E-state index >= 15 is 0 Å². The van der Waals surface area contributed by atoms with Crippen LogP contribution in [0.1, 0.15) is 32.6 Å². The van der Waals surface area contributed by atoms with Gasteiger partial charge in [-0.2, -0.15) is 0 Å². The van der Waals surface area contributed by atoms with Crippen LogP contribution in [0.2, 0.25) is 0 Å². The molecule has 2 atom stereocenters. The fourth-order valence-electron chi connectivity index (χ4n) is 2.09. The lowest BCUT2D eigenvalue weighted by molar-refractivity contribution is 0.0927. The van der Waals surface area contributed by atoms with Gasteiger partial charge < -0.3 is 4.74 Å². The molecule has 0 saturated heterocycles. The number of hydrogen-bond donors (Lipinski definition) is 0. The van der Waals surface area contributed by atoms with Crippen molar-refractivity contribution in [2.45, 2.75) is 38.7 Å². The maximum atomic E-state index is 13.5. The molecule has 16 heavy (non-hydrogen) atoms. The fourth-order valence-corrected chi connectivity index (χ4v) is 2.39. The highest BCUT2D eigenvalue weighted by Crippen LogP contribution is 2.28. The van der Waals surface area contributed by atoms with E-state index in [4.69, 9.17) is 4.74 Å². The van der Waals surface area contributed by atoms with Gasteiger partial charge in [0.15, 0.2) is 5.82 Å². The van der Waals surface area contributed by atoms with E-state index in [-0.39, 0.29) is 12.0 Å². The summed E-state index contributed by atoms with van der Waals surface area (Å²) in [5.74, 6) is 0.215. The van der Waals surface area contributed by atoms with Crippen LogP contribution in [0.4, 0.5) is 4.39 Å². The Morgan fingerprint density at radius 1 is 1.44 bits per heavy atom. The van der Waals surface area contributed by atoms with Crippen LogP contribution < -0.4 is 4.74 Å². The molecule has 1 fully saturated rings. The van der Waals surface area contributed by atoms with Crippen LogP contribution in [0.5, 0.6) is 5.88 Å². The molecule has 2 nitrogen and oxygen atoms in total. The maximum Gasteiger partial charge on any atom is 0.250 e. The van der Waals surface area contributed by atoms with Crippen molar-refractivity contribution in [1.82, 2.24) is 4.98 Å². The van der Waals surface area contributed by atoms with Crippen LogP contribution >= 0.6 is 15.9 Å². The first kappa shape index (κ1) is 11.8. The lowest BCUT2D eigenvalue weighted by Crippen LogP contribution is -2.28. The minimum atomic E-state index is -0.396. The second-order valence-electron chi connectivity index (χ2n) is 4.36. The van der Waals surface area contributed by atoms with Crippen molar-refractivity contribution in [2.75, 3.05) is 0 Å². The molecule has 2 rings (SSSR count). The average Bonchev–Trinajstić information content (AvgIpc) is 2.25. The van der Waals surface area contributed by atoms with Gasteiger partial charge in [-0.25, -0.2) is 9.37 Å². The summed E-state index contributed by atoms with van der Waals surface area (Å²) in [6, 6.07) is 1.38. The van der Waals surface area contributed by atoms with E-state index in [0.717, 1.165) is 19.3 Å². The van der Waals surface area contributed by atoms with Gasteiger partial charge in [0.1, 0.15) is 6.10 Å². The number of nitrogens with zero attached hydrogens (tertiary/aromatic N) is 1. The Balaban J connectivity index is 2.07. The molecule has 1 aromatic heterocycles. The molecule has 1 heterocycles. The van der Waals surface area contributed by atoms with Gasteiger partial charge in [-0.3, -0.25) is 0 Å². The number of halogens is 2. The summed E-state index contributed by atoms with van der Waals surface area (Å²) < 4.78 is 19.8. The highest BCUT2D eigenvalue weighted by atomic mass is 79.9. The molecular formula is C12H15BrFNO. The van der Waals surface area contributed by atoms with E-state index in [1.165, 1.54) is 12.5 Å². The van der Waals surface area contributed by atoms with Crippen molar-refractivity contribution in [2.24, 2.45) is 5.92 Å². The van der Waals surface area contributed by atoms with Gasteiger partial charge in [-0.05, 0) is 47.2 Å². The van der Waals surface area contributed by atoms with Crippen LogP contribution in [-0.4, -0.2) is 11.1 Å². The zero-order chi connectivity index (χ0) is 11.5. The molecular weight excluding hydrogens is 273 g/mol. The Labute approximate surface area is 103 Å². The normalized spacial score (nSPS) is 25.4. The molecule has 0 radical (unpaired) electrons. The molecule has 88 valence electrons. The SMILES string of the molecule is CC1CCCCC1Oc1ncc(Br)cc1F. The minimum absolute atomic E-state index is 0.108. The van der Waals surface area contributed by atoms with E-state index in [0.29, 0.717) is 10.4 Å². The Morgan fingerprint density at radius 2 is 2.19 bits per heavy atom. The van der Waals surface area contributed by atoms with E-state index in [2.05, 4.69) is 27.8 Å². The van der Waals surface area contributed by atoms with Gasteiger partial charge in [-0.1, -0.05) is 13.3 Å². The van der Waals surface area contributed by atoms with Gasteiger partial charge in [0, 0.05) is 10.7 Å². The lowest BCUT2D eigenvalue weighted by Gasteiger charge is -2.28. The Morgan fingerprint density at radius 3 is 2.88 bits per heavy atom. The minimum Gasteiger partial charge on any atom is -0.472 e. The summed E-state index contributed by atoms with van der Waals surface area (Å²) in [5, 5.41) is 0. The zero-order valence-electron chi connectivity index (χ0n) is 9.25. The highest BCUT2D eigenvalue weighted by Gasteiger charge is 2.24. The summed E-state index contributed by atoms with van der Waals surface area (Å²) in [5.41, 5.74) is 0. The average molecular weight is 288 g/mol. The molecule has 0 spiro atoms. The predicted molar refractivity (Wildman–Crippen MR) is 63.9 cm³/mol. The summed E-state index contributed by atoms with van der Waals surface area (Å²) >= 11 is 3.18. The van der Waals surface area contributed by atoms with E-state index in [9.17, 15) is 4.39 Å². The standard InChI is InChI=1S/C12H15BrFNO/c1-8-4-2-3-5-11(8)16-12-10(14)6-9(13)7-15-12/h6-8,11H,2-5H2,1H3. The lowest BCUT2D eigenvalue weighted by atomic mass is 9.88. The van der Waals surface area contributed by atoms with Gasteiger partial charge in [0.05, 0.1) is 0 Å². The third-order valence-electron chi connectivity index (χ3n) is 3.07. The van der Waals surface area contributed by atoms with Crippen molar-refractivity contribution < 1.29 is 9.13 Å². The Bertz CT molecular complexity index is 372. The molecule has 0 N–H and O–H groups in total. The number of ether oxygens (including phenoxy) is 1. The van der Waals surface area contributed by atoms with Gasteiger partial charge in [0.2, 0.25) is 0 Å². The first-order valence-electron chi connectivity index (χ1n) is 5.64. The third-order valence-corrected chi connectivity index (χ3v) is 3.50. The van der Waals surface area contributed by atoms with Crippen LogP contribution in [0.15, 0.2) is 16.7 Å². The maximum absolute atomic E-state index is 13.5. The molecule has 0 aromatic carbocycles. The van der Waals surface area contributed by atoms with Gasteiger partial charge in [-0.15, -0.1) is 0 Å². The summed E-state index contributed by atoms with van der Waals surface area (Å²) in [6.45, 7) is 2.15. The largest absolute Gasteiger partial charge is 0.472 e. The molecule has 1 aliphatic carbocycles. The summed E-state index contributed by atoms with van der Waals surface area (Å²) in [7, 11) is 0. The molecule has 0 amide bonds. The van der Waals surface area contributed by atoms with E-state index in [1.54, 1.807) is 6.20 Å². The van der Waals surface area contributed by atoms with Crippen molar-refractivity contribution in [3.8, 4) is 5.88 Å². The van der Waals surface area contributed by atoms with Crippen LogP contribution in [-0.2, 0) is 0 Å². The van der Waals surface area contributed by atoms with E-state index in [1.807, 2.05) is 0 Å². The van der Waals surface area contributed by atoms with Crippen molar-refractivity contribution >= 4 is 15.9 Å². The van der Waals surface area contributed by atoms with Crippen molar-refractivity contribution in [3.05, 3.63) is 22.6 Å². The zero-order valence-corrected chi connectivity index (χ0v) is 10.8. The molecule has 2 unspecified atom stereocenters. The van der Waals surface area contributed by atoms with Crippen molar-refractivity contribution in [1.29, 1.82) is 0 Å². The first-order chi connectivity index (χ1) is 7.66. The number of hydrogen-bond acceptors (Lipinski definition) is 2. The predicted octanol–water partition coefficient (Wildman–Crippen LogP) is 3.94. The second kappa shape index (κ2) is 5.13. The van der Waals surface area contributed by atoms with E-state index < -0.39 is 5.82 Å². The van der Waals surface area contributed by atoms with Gasteiger partial charge in [0.25, 0.3) is 5.88 Å². The first-order valence-corrected chi connectivity index (χ1v) is 6.44. The van der Waals surface area contributed by atoms with Crippen LogP contribution in [0.25, 0.3) is 0 Å². The molecule has 0 bridgehead atoms. The summed E-state index contributed by atoms with van der Waals surface area (Å²) in [6.07, 6.45) is 6.23. The van der Waals surface area contributed by atoms with Crippen LogP contribution in [0.3, 0.4) is 0 Å². The van der Waals surface area contributed by atoms with Gasteiger partial charge >= 0.3 is 0 Å². The molecule has 4 heteroatoms. The smallest absolute Gasteiger partial charge is 0.250 e. The molecule has 1 aliphatic rings.